The molecule has 0 aliphatic carbocycles. The minimum Gasteiger partial charge on any atom is -0.388 e. The van der Waals surface area contributed by atoms with Gasteiger partial charge in [-0.15, -0.1) is 10.2 Å². The van der Waals surface area contributed by atoms with Crippen LogP contribution >= 0.6 is 23.2 Å². The number of piperidine rings is 1. The second-order valence-electron chi connectivity index (χ2n) is 9.84. The normalized spacial score (nSPS) is 16.7. The van der Waals surface area contributed by atoms with E-state index >= 15 is 0 Å². The Hall–Kier alpha value is -2.90. The topological polar surface area (TPSA) is 63.4 Å². The van der Waals surface area contributed by atoms with Gasteiger partial charge in [-0.2, -0.15) is 0 Å². The number of aliphatic hydroxyl groups excluding tert-OH is 1. The van der Waals surface area contributed by atoms with Crippen molar-refractivity contribution in [3.8, 4) is 11.4 Å². The highest BCUT2D eigenvalue weighted by Crippen LogP contribution is 2.34. The summed E-state index contributed by atoms with van der Waals surface area (Å²) in [6, 6.07) is 21.8. The summed E-state index contributed by atoms with van der Waals surface area (Å²) >= 11 is 12.3. The molecule has 6 nitrogen and oxygen atoms in total. The summed E-state index contributed by atoms with van der Waals surface area (Å²) < 4.78 is 7.80. The van der Waals surface area contributed by atoms with Crippen molar-refractivity contribution in [1.82, 2.24) is 14.8 Å². The van der Waals surface area contributed by atoms with Crippen molar-refractivity contribution in [2.75, 3.05) is 18.0 Å². The van der Waals surface area contributed by atoms with E-state index in [0.29, 0.717) is 29.8 Å². The van der Waals surface area contributed by atoms with Crippen LogP contribution in [-0.2, 0) is 24.5 Å². The van der Waals surface area contributed by atoms with Gasteiger partial charge in [-0.3, -0.25) is 4.57 Å². The van der Waals surface area contributed by atoms with Gasteiger partial charge in [0, 0.05) is 28.7 Å². The Labute approximate surface area is 226 Å². The molecule has 1 atom stereocenters. The van der Waals surface area contributed by atoms with Gasteiger partial charge < -0.3 is 14.7 Å². The molecular formula is C29H28Cl2N4O2. The number of rotatable bonds is 6. The number of hydrogen-bond donors (Lipinski definition) is 1. The van der Waals surface area contributed by atoms with E-state index in [0.717, 1.165) is 48.8 Å². The molecule has 2 aliphatic heterocycles. The first kappa shape index (κ1) is 24.4. The lowest BCUT2D eigenvalue weighted by Gasteiger charge is -2.35. The van der Waals surface area contributed by atoms with Crippen molar-refractivity contribution in [1.29, 1.82) is 0 Å². The number of anilines is 1. The lowest BCUT2D eigenvalue weighted by atomic mass is 9.87. The summed E-state index contributed by atoms with van der Waals surface area (Å²) in [5, 5.41) is 21.6. The first-order valence-corrected chi connectivity index (χ1v) is 13.4. The Bertz CT molecular complexity index is 1400. The number of aliphatic hydroxyl groups is 1. The first-order valence-electron chi connectivity index (χ1n) is 12.6. The molecule has 37 heavy (non-hydrogen) atoms. The SMILES string of the molecule is OC(c1ccc(Cl)cc1)C1CCN(c2nnc(-c3cccc(Cl)c3)n2Cc2ccc3c(c2)COC3)CC1. The minimum absolute atomic E-state index is 0.179. The minimum atomic E-state index is -0.507. The van der Waals surface area contributed by atoms with Gasteiger partial charge in [-0.1, -0.05) is 65.7 Å². The highest BCUT2D eigenvalue weighted by Gasteiger charge is 2.29. The molecule has 3 aromatic carbocycles. The van der Waals surface area contributed by atoms with Crippen LogP contribution in [0.25, 0.3) is 11.4 Å². The van der Waals surface area contributed by atoms with Crippen LogP contribution in [0.4, 0.5) is 5.95 Å². The number of fused-ring (bicyclic) bond motifs is 1. The van der Waals surface area contributed by atoms with E-state index in [9.17, 15) is 5.11 Å². The second kappa shape index (κ2) is 10.5. The van der Waals surface area contributed by atoms with Gasteiger partial charge in [0.25, 0.3) is 0 Å². The summed E-state index contributed by atoms with van der Waals surface area (Å²) in [5.74, 6) is 1.81. The molecule has 0 radical (unpaired) electrons. The summed E-state index contributed by atoms with van der Waals surface area (Å²) in [4.78, 5) is 2.28. The lowest BCUT2D eigenvalue weighted by molar-refractivity contribution is 0.0927. The molecule has 4 aromatic rings. The monoisotopic (exact) mass is 534 g/mol. The van der Waals surface area contributed by atoms with E-state index in [-0.39, 0.29) is 5.92 Å². The van der Waals surface area contributed by atoms with E-state index in [1.165, 1.54) is 16.7 Å². The van der Waals surface area contributed by atoms with Gasteiger partial charge in [0.05, 0.1) is 25.9 Å². The van der Waals surface area contributed by atoms with Crippen LogP contribution in [0.5, 0.6) is 0 Å². The van der Waals surface area contributed by atoms with Crippen LogP contribution in [0.3, 0.4) is 0 Å². The third-order valence-electron chi connectivity index (χ3n) is 7.42. The zero-order chi connectivity index (χ0) is 25.4. The predicted octanol–water partition coefficient (Wildman–Crippen LogP) is 6.28. The van der Waals surface area contributed by atoms with E-state index in [1.807, 2.05) is 48.5 Å². The molecule has 0 bridgehead atoms. The van der Waals surface area contributed by atoms with Crippen molar-refractivity contribution < 1.29 is 9.84 Å². The van der Waals surface area contributed by atoms with Gasteiger partial charge >= 0.3 is 0 Å². The Morgan fingerprint density at radius 2 is 1.68 bits per heavy atom. The van der Waals surface area contributed by atoms with E-state index in [1.54, 1.807) is 0 Å². The zero-order valence-corrected chi connectivity index (χ0v) is 21.9. The first-order chi connectivity index (χ1) is 18.0. The molecule has 1 saturated heterocycles. The van der Waals surface area contributed by atoms with Crippen molar-refractivity contribution >= 4 is 29.2 Å². The third-order valence-corrected chi connectivity index (χ3v) is 7.91. The van der Waals surface area contributed by atoms with Crippen LogP contribution < -0.4 is 4.90 Å². The average molecular weight is 535 g/mol. The molecule has 1 fully saturated rings. The fraction of sp³-hybridized carbons (Fsp3) is 0.310. The van der Waals surface area contributed by atoms with Gasteiger partial charge in [-0.25, -0.2) is 0 Å². The summed E-state index contributed by atoms with van der Waals surface area (Å²) in [7, 11) is 0. The fourth-order valence-electron chi connectivity index (χ4n) is 5.37. The molecule has 0 amide bonds. The number of halogens is 2. The highest BCUT2D eigenvalue weighted by atomic mass is 35.5. The Balaban J connectivity index is 1.26. The van der Waals surface area contributed by atoms with Crippen LogP contribution in [0.1, 0.15) is 41.2 Å². The molecule has 6 rings (SSSR count). The molecule has 1 N–H and O–H groups in total. The van der Waals surface area contributed by atoms with Crippen molar-refractivity contribution in [2.24, 2.45) is 5.92 Å². The van der Waals surface area contributed by atoms with Crippen LogP contribution in [0, 0.1) is 5.92 Å². The van der Waals surface area contributed by atoms with Crippen molar-refractivity contribution in [3.05, 3.63) is 99.0 Å². The molecule has 3 heterocycles. The second-order valence-corrected chi connectivity index (χ2v) is 10.7. The molecular weight excluding hydrogens is 507 g/mol. The van der Waals surface area contributed by atoms with Crippen molar-refractivity contribution in [3.63, 3.8) is 0 Å². The van der Waals surface area contributed by atoms with Crippen LogP contribution in [0.2, 0.25) is 10.0 Å². The lowest BCUT2D eigenvalue weighted by Crippen LogP contribution is -2.37. The zero-order valence-electron chi connectivity index (χ0n) is 20.4. The molecule has 1 unspecified atom stereocenters. The maximum atomic E-state index is 11.0. The summed E-state index contributed by atoms with van der Waals surface area (Å²) in [6.07, 6.45) is 1.21. The molecule has 8 heteroatoms. The number of aromatic nitrogens is 3. The number of ether oxygens (including phenoxy) is 1. The molecule has 1 aromatic heterocycles. The number of nitrogens with zero attached hydrogens (tertiary/aromatic N) is 4. The van der Waals surface area contributed by atoms with Gasteiger partial charge in [0.1, 0.15) is 0 Å². The average Bonchev–Trinajstić information content (AvgIpc) is 3.56. The summed E-state index contributed by atoms with van der Waals surface area (Å²) in [5.41, 5.74) is 5.53. The predicted molar refractivity (Wildman–Crippen MR) is 146 cm³/mol. The van der Waals surface area contributed by atoms with E-state index < -0.39 is 6.10 Å². The van der Waals surface area contributed by atoms with Crippen LogP contribution in [0.15, 0.2) is 66.7 Å². The quantitative estimate of drug-likeness (QED) is 0.315. The van der Waals surface area contributed by atoms with E-state index in [4.69, 9.17) is 27.9 Å². The summed E-state index contributed by atoms with van der Waals surface area (Å²) in [6.45, 7) is 3.56. The van der Waals surface area contributed by atoms with Gasteiger partial charge in [0.2, 0.25) is 5.95 Å². The van der Waals surface area contributed by atoms with E-state index in [2.05, 4.69) is 37.9 Å². The smallest absolute Gasteiger partial charge is 0.227 e. The maximum Gasteiger partial charge on any atom is 0.227 e. The number of benzene rings is 3. The fourth-order valence-corrected chi connectivity index (χ4v) is 5.69. The molecule has 2 aliphatic rings. The Morgan fingerprint density at radius 3 is 2.46 bits per heavy atom. The third kappa shape index (κ3) is 5.12. The number of hydrogen-bond acceptors (Lipinski definition) is 5. The largest absolute Gasteiger partial charge is 0.388 e. The molecule has 0 spiro atoms. The standard InChI is InChI=1S/C29H28Cl2N4O2/c30-25-8-6-20(7-9-25)27(36)21-10-12-34(13-11-21)29-33-32-28(22-2-1-3-26(31)15-22)35(29)16-19-4-5-23-17-37-18-24(23)14-19/h1-9,14-15,21,27,36H,10-13,16-18H2. The van der Waals surface area contributed by atoms with Gasteiger partial charge in [0.15, 0.2) is 5.82 Å². The van der Waals surface area contributed by atoms with Crippen LogP contribution in [-0.4, -0.2) is 33.0 Å². The maximum absolute atomic E-state index is 11.0. The Morgan fingerprint density at radius 1 is 0.892 bits per heavy atom. The molecule has 0 saturated carbocycles. The highest BCUT2D eigenvalue weighted by molar-refractivity contribution is 6.31. The van der Waals surface area contributed by atoms with Gasteiger partial charge in [-0.05, 0) is 65.3 Å². The van der Waals surface area contributed by atoms with Crippen molar-refractivity contribution in [2.45, 2.75) is 38.7 Å². The molecule has 190 valence electrons. The Kier molecular flexibility index (Phi) is 6.91.